The van der Waals surface area contributed by atoms with Crippen LogP contribution in [-0.4, -0.2) is 26.4 Å². The van der Waals surface area contributed by atoms with Crippen molar-refractivity contribution in [2.45, 2.75) is 25.9 Å². The largest absolute Gasteiger partial charge is 0.495 e. The molecule has 2 rings (SSSR count). The van der Waals surface area contributed by atoms with E-state index in [1.807, 2.05) is 18.2 Å². The zero-order valence-electron chi connectivity index (χ0n) is 11.1. The van der Waals surface area contributed by atoms with Gasteiger partial charge in [-0.3, -0.25) is 0 Å². The first kappa shape index (κ1) is 13.0. The van der Waals surface area contributed by atoms with E-state index in [-0.39, 0.29) is 0 Å². The van der Waals surface area contributed by atoms with Crippen molar-refractivity contribution >= 4 is 11.4 Å². The van der Waals surface area contributed by atoms with Gasteiger partial charge in [0, 0.05) is 30.8 Å². The third-order valence-corrected chi connectivity index (χ3v) is 3.55. The number of anilines is 2. The van der Waals surface area contributed by atoms with E-state index in [1.54, 1.807) is 7.11 Å². The van der Waals surface area contributed by atoms with Crippen molar-refractivity contribution in [2.75, 3.05) is 31.3 Å². The molecule has 100 valence electrons. The second-order valence-electron chi connectivity index (χ2n) is 4.70. The van der Waals surface area contributed by atoms with Gasteiger partial charge < -0.3 is 20.5 Å². The van der Waals surface area contributed by atoms with Crippen molar-refractivity contribution in [3.05, 3.63) is 18.2 Å². The van der Waals surface area contributed by atoms with Crippen LogP contribution in [0, 0.1) is 5.92 Å². The Morgan fingerprint density at radius 2 is 2.33 bits per heavy atom. The van der Waals surface area contributed by atoms with E-state index >= 15 is 0 Å². The summed E-state index contributed by atoms with van der Waals surface area (Å²) in [6.07, 6.45) is 2.61. The SMILES string of the molecule is CCC1OCCC1CNc1ccc(N)c(OC)c1. The number of hydrogen-bond donors (Lipinski definition) is 2. The Morgan fingerprint density at radius 1 is 1.50 bits per heavy atom. The summed E-state index contributed by atoms with van der Waals surface area (Å²) >= 11 is 0. The molecule has 1 fully saturated rings. The van der Waals surface area contributed by atoms with Gasteiger partial charge in [0.05, 0.1) is 18.9 Å². The minimum atomic E-state index is 0.396. The van der Waals surface area contributed by atoms with Gasteiger partial charge in [-0.2, -0.15) is 0 Å². The van der Waals surface area contributed by atoms with E-state index in [0.29, 0.717) is 17.7 Å². The first-order valence-electron chi connectivity index (χ1n) is 6.53. The summed E-state index contributed by atoms with van der Waals surface area (Å²) in [6.45, 7) is 4.00. The van der Waals surface area contributed by atoms with Gasteiger partial charge in [0.1, 0.15) is 5.75 Å². The van der Waals surface area contributed by atoms with Crippen molar-refractivity contribution in [2.24, 2.45) is 5.92 Å². The molecule has 0 saturated carbocycles. The summed E-state index contributed by atoms with van der Waals surface area (Å²) in [5.74, 6) is 1.31. The summed E-state index contributed by atoms with van der Waals surface area (Å²) < 4.78 is 10.9. The number of nitrogens with one attached hydrogen (secondary N) is 1. The van der Waals surface area contributed by atoms with Crippen LogP contribution in [0.4, 0.5) is 11.4 Å². The highest BCUT2D eigenvalue weighted by Crippen LogP contribution is 2.27. The fourth-order valence-electron chi connectivity index (χ4n) is 2.45. The van der Waals surface area contributed by atoms with Crippen LogP contribution in [0.1, 0.15) is 19.8 Å². The van der Waals surface area contributed by atoms with E-state index in [9.17, 15) is 0 Å². The average molecular weight is 250 g/mol. The third kappa shape index (κ3) is 2.88. The molecule has 3 N–H and O–H groups in total. The number of rotatable bonds is 5. The Morgan fingerprint density at radius 3 is 3.06 bits per heavy atom. The van der Waals surface area contributed by atoms with Gasteiger partial charge >= 0.3 is 0 Å². The van der Waals surface area contributed by atoms with E-state index < -0.39 is 0 Å². The molecule has 4 heteroatoms. The highest BCUT2D eigenvalue weighted by molar-refractivity contribution is 5.61. The van der Waals surface area contributed by atoms with Gasteiger partial charge in [-0.15, -0.1) is 0 Å². The number of nitrogens with two attached hydrogens (primary N) is 1. The van der Waals surface area contributed by atoms with Gasteiger partial charge in [-0.1, -0.05) is 6.92 Å². The molecule has 0 spiro atoms. The Balaban J connectivity index is 1.93. The van der Waals surface area contributed by atoms with Gasteiger partial charge in [0.15, 0.2) is 0 Å². The van der Waals surface area contributed by atoms with Crippen LogP contribution in [0.5, 0.6) is 5.75 Å². The van der Waals surface area contributed by atoms with E-state index in [4.69, 9.17) is 15.2 Å². The van der Waals surface area contributed by atoms with Crippen LogP contribution in [0.2, 0.25) is 0 Å². The lowest BCUT2D eigenvalue weighted by Gasteiger charge is -2.18. The highest BCUT2D eigenvalue weighted by atomic mass is 16.5. The van der Waals surface area contributed by atoms with E-state index in [2.05, 4.69) is 12.2 Å². The molecule has 2 atom stereocenters. The van der Waals surface area contributed by atoms with Crippen LogP contribution in [0.15, 0.2) is 18.2 Å². The fraction of sp³-hybridized carbons (Fsp3) is 0.571. The summed E-state index contributed by atoms with van der Waals surface area (Å²) in [6, 6.07) is 5.78. The molecule has 1 aliphatic heterocycles. The molecule has 1 heterocycles. The summed E-state index contributed by atoms with van der Waals surface area (Å²) in [5.41, 5.74) is 7.50. The molecule has 1 aromatic carbocycles. The molecule has 1 saturated heterocycles. The van der Waals surface area contributed by atoms with Crippen molar-refractivity contribution in [3.8, 4) is 5.75 Å². The van der Waals surface area contributed by atoms with Gasteiger partial charge in [-0.25, -0.2) is 0 Å². The maximum Gasteiger partial charge on any atom is 0.143 e. The van der Waals surface area contributed by atoms with Crippen LogP contribution < -0.4 is 15.8 Å². The van der Waals surface area contributed by atoms with Crippen LogP contribution in [0.25, 0.3) is 0 Å². The van der Waals surface area contributed by atoms with Crippen LogP contribution in [-0.2, 0) is 4.74 Å². The third-order valence-electron chi connectivity index (χ3n) is 3.55. The monoisotopic (exact) mass is 250 g/mol. The standard InChI is InChI=1S/C14H22N2O2/c1-3-13-10(6-7-18-13)9-16-11-4-5-12(15)14(8-11)17-2/h4-5,8,10,13,16H,3,6-7,9,15H2,1-2H3. The average Bonchev–Trinajstić information content (AvgIpc) is 2.85. The lowest BCUT2D eigenvalue weighted by molar-refractivity contribution is 0.0900. The quantitative estimate of drug-likeness (QED) is 0.788. The first-order valence-corrected chi connectivity index (χ1v) is 6.53. The lowest BCUT2D eigenvalue weighted by Crippen LogP contribution is -2.22. The Hall–Kier alpha value is -1.42. The molecule has 4 nitrogen and oxygen atoms in total. The van der Waals surface area contributed by atoms with E-state index in [0.717, 1.165) is 37.4 Å². The smallest absolute Gasteiger partial charge is 0.143 e. The number of ether oxygens (including phenoxy) is 2. The first-order chi connectivity index (χ1) is 8.74. The fourth-order valence-corrected chi connectivity index (χ4v) is 2.45. The number of benzene rings is 1. The highest BCUT2D eigenvalue weighted by Gasteiger charge is 2.26. The van der Waals surface area contributed by atoms with Crippen molar-refractivity contribution in [3.63, 3.8) is 0 Å². The molecule has 0 aromatic heterocycles. The van der Waals surface area contributed by atoms with Crippen molar-refractivity contribution in [1.29, 1.82) is 0 Å². The number of hydrogen-bond acceptors (Lipinski definition) is 4. The summed E-state index contributed by atoms with van der Waals surface area (Å²) in [7, 11) is 1.63. The molecule has 0 amide bonds. The van der Waals surface area contributed by atoms with Gasteiger partial charge in [0.2, 0.25) is 0 Å². The zero-order valence-corrected chi connectivity index (χ0v) is 11.1. The second-order valence-corrected chi connectivity index (χ2v) is 4.70. The normalized spacial score (nSPS) is 23.0. The molecular formula is C14H22N2O2. The van der Waals surface area contributed by atoms with E-state index in [1.165, 1.54) is 0 Å². The van der Waals surface area contributed by atoms with Crippen molar-refractivity contribution in [1.82, 2.24) is 0 Å². The molecule has 0 aliphatic carbocycles. The number of methoxy groups -OCH3 is 1. The molecular weight excluding hydrogens is 228 g/mol. The maximum atomic E-state index is 5.79. The molecule has 2 unspecified atom stereocenters. The lowest BCUT2D eigenvalue weighted by atomic mass is 9.99. The van der Waals surface area contributed by atoms with Crippen LogP contribution in [0.3, 0.4) is 0 Å². The predicted molar refractivity (Wildman–Crippen MR) is 74.0 cm³/mol. The Bertz CT molecular complexity index is 395. The van der Waals surface area contributed by atoms with Gasteiger partial charge in [-0.05, 0) is 25.0 Å². The van der Waals surface area contributed by atoms with Gasteiger partial charge in [0.25, 0.3) is 0 Å². The summed E-state index contributed by atoms with van der Waals surface area (Å²) in [4.78, 5) is 0. The molecule has 1 aromatic rings. The molecule has 0 bridgehead atoms. The molecule has 0 radical (unpaired) electrons. The zero-order chi connectivity index (χ0) is 13.0. The molecule has 18 heavy (non-hydrogen) atoms. The minimum Gasteiger partial charge on any atom is -0.495 e. The molecule has 1 aliphatic rings. The Labute approximate surface area is 108 Å². The summed E-state index contributed by atoms with van der Waals surface area (Å²) in [5, 5.41) is 3.44. The predicted octanol–water partition coefficient (Wildman–Crippen LogP) is 2.50. The second kappa shape index (κ2) is 5.96. The van der Waals surface area contributed by atoms with Crippen LogP contribution >= 0.6 is 0 Å². The number of nitrogen functional groups attached to an aromatic ring is 1. The minimum absolute atomic E-state index is 0.396. The van der Waals surface area contributed by atoms with Crippen molar-refractivity contribution < 1.29 is 9.47 Å². The Kier molecular flexibility index (Phi) is 4.31. The topological polar surface area (TPSA) is 56.5 Å². The maximum absolute atomic E-state index is 5.79.